The predicted molar refractivity (Wildman–Crippen MR) is 61.5 cm³/mol. The van der Waals surface area contributed by atoms with Crippen LogP contribution < -0.4 is 11.1 Å². The molecule has 0 aromatic heterocycles. The summed E-state index contributed by atoms with van der Waals surface area (Å²) in [5.41, 5.74) is 7.89. The van der Waals surface area contributed by atoms with E-state index in [1.54, 1.807) is 0 Å². The minimum Gasteiger partial charge on any atom is -0.399 e. The summed E-state index contributed by atoms with van der Waals surface area (Å²) >= 11 is 0. The second-order valence-electron chi connectivity index (χ2n) is 4.67. The normalized spacial score (nSPS) is 29.9. The van der Waals surface area contributed by atoms with Crippen LogP contribution in [0.25, 0.3) is 0 Å². The Morgan fingerprint density at radius 2 is 2.13 bits per heavy atom. The summed E-state index contributed by atoms with van der Waals surface area (Å²) in [7, 11) is 0. The third kappa shape index (κ3) is 1.73. The molecule has 3 rings (SSSR count). The third-order valence-corrected chi connectivity index (χ3v) is 3.54. The molecular formula is C12H17N3. The average molecular weight is 203 g/mol. The lowest BCUT2D eigenvalue weighted by Crippen LogP contribution is -2.42. The van der Waals surface area contributed by atoms with E-state index in [2.05, 4.69) is 22.3 Å². The zero-order valence-corrected chi connectivity index (χ0v) is 8.82. The summed E-state index contributed by atoms with van der Waals surface area (Å²) in [6.07, 6.45) is 1.33. The fourth-order valence-electron chi connectivity index (χ4n) is 2.70. The zero-order chi connectivity index (χ0) is 10.3. The Kier molecular flexibility index (Phi) is 2.15. The number of rotatable bonds is 2. The van der Waals surface area contributed by atoms with Crippen molar-refractivity contribution >= 4 is 5.69 Å². The predicted octanol–water partition coefficient (Wildman–Crippen LogP) is 0.815. The first-order chi connectivity index (χ1) is 7.31. The summed E-state index contributed by atoms with van der Waals surface area (Å²) in [6.45, 7) is 3.44. The molecular weight excluding hydrogens is 186 g/mol. The van der Waals surface area contributed by atoms with E-state index in [1.807, 2.05) is 12.1 Å². The van der Waals surface area contributed by atoms with E-state index in [4.69, 9.17) is 5.73 Å². The van der Waals surface area contributed by atoms with Crippen molar-refractivity contribution in [3.8, 4) is 0 Å². The number of likely N-dealkylation sites (tertiary alicyclic amines) is 1. The number of benzene rings is 1. The number of nitrogens with one attached hydrogen (secondary N) is 1. The standard InChI is InChI=1S/C12H17N3/c13-10-3-1-9(2-4-10)7-15-8-11-5-12(15)6-14-11/h1-4,11-12,14H,5-8,13H2. The largest absolute Gasteiger partial charge is 0.399 e. The molecule has 2 bridgehead atoms. The Morgan fingerprint density at radius 3 is 2.73 bits per heavy atom. The molecule has 1 aromatic carbocycles. The quantitative estimate of drug-likeness (QED) is 0.699. The van der Waals surface area contributed by atoms with Crippen molar-refractivity contribution < 1.29 is 0 Å². The average Bonchev–Trinajstić information content (AvgIpc) is 2.83. The molecule has 2 aliphatic rings. The van der Waals surface area contributed by atoms with Crippen LogP contribution in [0.15, 0.2) is 24.3 Å². The van der Waals surface area contributed by atoms with Gasteiger partial charge in [-0.25, -0.2) is 0 Å². The molecule has 2 unspecified atom stereocenters. The van der Waals surface area contributed by atoms with Crippen LogP contribution in [0.3, 0.4) is 0 Å². The number of nitrogens with zero attached hydrogens (tertiary/aromatic N) is 1. The van der Waals surface area contributed by atoms with E-state index in [0.29, 0.717) is 0 Å². The summed E-state index contributed by atoms with van der Waals surface area (Å²) in [5, 5.41) is 3.52. The number of anilines is 1. The lowest BCUT2D eigenvalue weighted by molar-refractivity contribution is 0.218. The highest BCUT2D eigenvalue weighted by atomic mass is 15.3. The molecule has 2 saturated heterocycles. The smallest absolute Gasteiger partial charge is 0.0314 e. The van der Waals surface area contributed by atoms with E-state index in [-0.39, 0.29) is 0 Å². The third-order valence-electron chi connectivity index (χ3n) is 3.54. The van der Waals surface area contributed by atoms with Crippen LogP contribution >= 0.6 is 0 Å². The van der Waals surface area contributed by atoms with Crippen LogP contribution in [-0.4, -0.2) is 30.1 Å². The summed E-state index contributed by atoms with van der Waals surface area (Å²) in [4.78, 5) is 2.58. The molecule has 0 radical (unpaired) electrons. The second-order valence-corrected chi connectivity index (χ2v) is 4.67. The summed E-state index contributed by atoms with van der Waals surface area (Å²) in [5.74, 6) is 0. The van der Waals surface area contributed by atoms with Gasteiger partial charge in [0.2, 0.25) is 0 Å². The molecule has 2 aliphatic heterocycles. The molecule has 0 spiro atoms. The van der Waals surface area contributed by atoms with Crippen molar-refractivity contribution in [1.29, 1.82) is 0 Å². The Hall–Kier alpha value is -1.06. The van der Waals surface area contributed by atoms with Crippen molar-refractivity contribution in [2.24, 2.45) is 0 Å². The first kappa shape index (κ1) is 9.19. The molecule has 80 valence electrons. The molecule has 1 aromatic rings. The fraction of sp³-hybridized carbons (Fsp3) is 0.500. The maximum atomic E-state index is 5.67. The number of nitrogen functional groups attached to an aromatic ring is 1. The fourth-order valence-corrected chi connectivity index (χ4v) is 2.70. The maximum absolute atomic E-state index is 5.67. The summed E-state index contributed by atoms with van der Waals surface area (Å²) in [6, 6.07) is 9.74. The first-order valence-corrected chi connectivity index (χ1v) is 5.63. The van der Waals surface area contributed by atoms with Crippen LogP contribution in [0, 0.1) is 0 Å². The highest BCUT2D eigenvalue weighted by molar-refractivity contribution is 5.39. The molecule has 2 heterocycles. The Labute approximate surface area is 90.3 Å². The number of hydrogen-bond donors (Lipinski definition) is 2. The van der Waals surface area contributed by atoms with Crippen LogP contribution in [0.1, 0.15) is 12.0 Å². The van der Waals surface area contributed by atoms with Gasteiger partial charge in [0.1, 0.15) is 0 Å². The van der Waals surface area contributed by atoms with Crippen molar-refractivity contribution in [2.45, 2.75) is 25.0 Å². The molecule has 0 aliphatic carbocycles. The minimum absolute atomic E-state index is 0.740. The van der Waals surface area contributed by atoms with Gasteiger partial charge in [0.15, 0.2) is 0 Å². The number of nitrogens with two attached hydrogens (primary N) is 1. The van der Waals surface area contributed by atoms with Crippen molar-refractivity contribution in [2.75, 3.05) is 18.8 Å². The van der Waals surface area contributed by atoms with Crippen LogP contribution in [-0.2, 0) is 6.54 Å². The molecule has 15 heavy (non-hydrogen) atoms. The summed E-state index contributed by atoms with van der Waals surface area (Å²) < 4.78 is 0. The van der Waals surface area contributed by atoms with Crippen LogP contribution in [0.5, 0.6) is 0 Å². The topological polar surface area (TPSA) is 41.3 Å². The van der Waals surface area contributed by atoms with Gasteiger partial charge in [0, 0.05) is 37.4 Å². The molecule has 3 heteroatoms. The molecule has 0 amide bonds. The molecule has 2 atom stereocenters. The van der Waals surface area contributed by atoms with Gasteiger partial charge in [-0.3, -0.25) is 4.90 Å². The van der Waals surface area contributed by atoms with Gasteiger partial charge in [0.25, 0.3) is 0 Å². The van der Waals surface area contributed by atoms with Crippen molar-refractivity contribution in [3.05, 3.63) is 29.8 Å². The number of piperazine rings is 1. The highest BCUT2D eigenvalue weighted by Gasteiger charge is 2.36. The molecule has 2 fully saturated rings. The van der Waals surface area contributed by atoms with E-state index in [0.717, 1.165) is 24.3 Å². The van der Waals surface area contributed by atoms with Gasteiger partial charge in [0.05, 0.1) is 0 Å². The van der Waals surface area contributed by atoms with E-state index >= 15 is 0 Å². The first-order valence-electron chi connectivity index (χ1n) is 5.63. The highest BCUT2D eigenvalue weighted by Crippen LogP contribution is 2.25. The Balaban J connectivity index is 1.68. The molecule has 3 N–H and O–H groups in total. The van der Waals surface area contributed by atoms with Gasteiger partial charge >= 0.3 is 0 Å². The zero-order valence-electron chi connectivity index (χ0n) is 8.82. The van der Waals surface area contributed by atoms with Gasteiger partial charge in [-0.1, -0.05) is 12.1 Å². The van der Waals surface area contributed by atoms with Crippen molar-refractivity contribution in [3.63, 3.8) is 0 Å². The van der Waals surface area contributed by atoms with Crippen LogP contribution in [0.4, 0.5) is 5.69 Å². The van der Waals surface area contributed by atoms with E-state index < -0.39 is 0 Å². The molecule has 0 saturated carbocycles. The van der Waals surface area contributed by atoms with Gasteiger partial charge in [-0.15, -0.1) is 0 Å². The van der Waals surface area contributed by atoms with Gasteiger partial charge in [-0.2, -0.15) is 0 Å². The Bertz CT molecular complexity index is 346. The van der Waals surface area contributed by atoms with E-state index in [1.165, 1.54) is 25.1 Å². The van der Waals surface area contributed by atoms with Crippen LogP contribution in [0.2, 0.25) is 0 Å². The maximum Gasteiger partial charge on any atom is 0.0314 e. The van der Waals surface area contributed by atoms with Crippen molar-refractivity contribution in [1.82, 2.24) is 10.2 Å². The number of hydrogen-bond acceptors (Lipinski definition) is 3. The molecule has 3 nitrogen and oxygen atoms in total. The van der Waals surface area contributed by atoms with E-state index in [9.17, 15) is 0 Å². The minimum atomic E-state index is 0.740. The lowest BCUT2D eigenvalue weighted by atomic mass is 10.2. The van der Waals surface area contributed by atoms with Gasteiger partial charge in [-0.05, 0) is 24.1 Å². The number of fused-ring (bicyclic) bond motifs is 2. The second kappa shape index (κ2) is 3.51. The van der Waals surface area contributed by atoms with Gasteiger partial charge < -0.3 is 11.1 Å². The monoisotopic (exact) mass is 203 g/mol. The Morgan fingerprint density at radius 1 is 1.33 bits per heavy atom. The lowest BCUT2D eigenvalue weighted by Gasteiger charge is -2.27. The SMILES string of the molecule is Nc1ccc(CN2CC3CC2CN3)cc1.